The first-order chi connectivity index (χ1) is 12.0. The molecule has 2 amide bonds. The molecule has 6 nitrogen and oxygen atoms in total. The lowest BCUT2D eigenvalue weighted by Gasteiger charge is -2.38. The molecule has 0 N–H and O–H groups in total. The summed E-state index contributed by atoms with van der Waals surface area (Å²) in [6.07, 6.45) is -5.40. The predicted molar refractivity (Wildman–Crippen MR) is 84.7 cm³/mol. The maximum absolute atomic E-state index is 12.6. The molecule has 0 bridgehead atoms. The van der Waals surface area contributed by atoms with E-state index in [4.69, 9.17) is 4.74 Å². The van der Waals surface area contributed by atoms with Gasteiger partial charge >= 0.3 is 12.5 Å². The van der Waals surface area contributed by atoms with E-state index >= 15 is 0 Å². The topological polar surface area (TPSA) is 59.1 Å². The summed E-state index contributed by atoms with van der Waals surface area (Å²) in [6, 6.07) is 3.59. The van der Waals surface area contributed by atoms with Crippen molar-refractivity contribution in [1.29, 1.82) is 0 Å². The molecular weight excluding hydrogens is 353 g/mol. The van der Waals surface area contributed by atoms with Crippen LogP contribution in [-0.4, -0.2) is 53.4 Å². The fraction of sp³-hybridized carbons (Fsp3) is 0.529. The number of benzene rings is 1. The Morgan fingerprint density at radius 2 is 1.88 bits per heavy atom. The van der Waals surface area contributed by atoms with E-state index in [1.54, 1.807) is 26.8 Å². The van der Waals surface area contributed by atoms with Crippen LogP contribution in [0.15, 0.2) is 18.2 Å². The van der Waals surface area contributed by atoms with Crippen molar-refractivity contribution >= 4 is 12.0 Å². The molecule has 142 valence electrons. The number of carbonyl (C=O) groups is 2. The summed E-state index contributed by atoms with van der Waals surface area (Å²) in [5.41, 5.74) is -0.336. The van der Waals surface area contributed by atoms with Crippen molar-refractivity contribution in [2.24, 2.45) is 0 Å². The van der Waals surface area contributed by atoms with Gasteiger partial charge in [0.05, 0.1) is 11.6 Å². The Labute approximate surface area is 148 Å². The number of alkyl halides is 3. The summed E-state index contributed by atoms with van der Waals surface area (Å²) in [5.74, 6) is -1.04. The van der Waals surface area contributed by atoms with Crippen LogP contribution in [0.4, 0.5) is 18.0 Å². The molecule has 0 aromatic heterocycles. The molecule has 2 heterocycles. The van der Waals surface area contributed by atoms with Gasteiger partial charge in [-0.25, -0.2) is 4.79 Å². The average molecular weight is 372 g/mol. The number of hydrogen-bond acceptors (Lipinski definition) is 4. The van der Waals surface area contributed by atoms with Crippen LogP contribution in [0, 0.1) is 0 Å². The van der Waals surface area contributed by atoms with E-state index in [-0.39, 0.29) is 25.2 Å². The third-order valence-corrected chi connectivity index (χ3v) is 4.15. The van der Waals surface area contributed by atoms with Gasteiger partial charge in [0.15, 0.2) is 0 Å². The van der Waals surface area contributed by atoms with Crippen molar-refractivity contribution < 1.29 is 32.2 Å². The summed E-state index contributed by atoms with van der Waals surface area (Å²) in [6.45, 7) is 5.86. The molecule has 9 heteroatoms. The van der Waals surface area contributed by atoms with Crippen LogP contribution >= 0.6 is 0 Å². The molecule has 0 spiro atoms. The lowest BCUT2D eigenvalue weighted by Crippen LogP contribution is -2.50. The molecule has 0 saturated carbocycles. The van der Waals surface area contributed by atoms with E-state index < -0.39 is 35.8 Å². The average Bonchev–Trinajstić information content (AvgIpc) is 2.78. The van der Waals surface area contributed by atoms with Crippen LogP contribution < -0.4 is 4.74 Å². The van der Waals surface area contributed by atoms with E-state index in [2.05, 4.69) is 4.74 Å². The van der Waals surface area contributed by atoms with Gasteiger partial charge in [0.1, 0.15) is 11.4 Å². The number of fused-ring (bicyclic) bond motifs is 3. The van der Waals surface area contributed by atoms with Gasteiger partial charge < -0.3 is 19.3 Å². The monoisotopic (exact) mass is 372 g/mol. The lowest BCUT2D eigenvalue weighted by molar-refractivity contribution is -0.274. The molecule has 1 saturated heterocycles. The second-order valence-corrected chi connectivity index (χ2v) is 7.21. The van der Waals surface area contributed by atoms with Gasteiger partial charge in [0, 0.05) is 19.6 Å². The summed E-state index contributed by atoms with van der Waals surface area (Å²) in [5, 5.41) is 0. The largest absolute Gasteiger partial charge is 0.573 e. The number of rotatable bonds is 1. The molecule has 0 aliphatic carbocycles. The molecule has 1 aromatic carbocycles. The highest BCUT2D eigenvalue weighted by Gasteiger charge is 2.45. The Kier molecular flexibility index (Phi) is 4.28. The normalized spacial score (nSPS) is 19.9. The number of piperazine rings is 1. The standard InChI is InChI=1S/C17H19F3N2O4/c1-16(2,3)26-15(24)21-7-8-22-11(9-21)10-5-4-6-12(13(10)14(22)23)25-17(18,19)20/h4-6,11H,7-9H2,1-3H3. The SMILES string of the molecule is CC(C)(C)OC(=O)N1CCN2C(=O)c3c(OC(F)(F)F)cccc3C2C1. The van der Waals surface area contributed by atoms with Gasteiger partial charge in [-0.1, -0.05) is 12.1 Å². The second kappa shape index (κ2) is 6.07. The fourth-order valence-corrected chi connectivity index (χ4v) is 3.19. The summed E-state index contributed by atoms with van der Waals surface area (Å²) in [7, 11) is 0. The Hall–Kier alpha value is -2.45. The van der Waals surface area contributed by atoms with E-state index in [1.807, 2.05) is 0 Å². The van der Waals surface area contributed by atoms with Crippen molar-refractivity contribution in [2.45, 2.75) is 38.8 Å². The third kappa shape index (κ3) is 3.56. The minimum absolute atomic E-state index is 0.0964. The predicted octanol–water partition coefficient (Wildman–Crippen LogP) is 3.33. The van der Waals surface area contributed by atoms with Crippen LogP contribution in [0.1, 0.15) is 42.7 Å². The molecule has 3 rings (SSSR count). The Morgan fingerprint density at radius 3 is 2.50 bits per heavy atom. The molecule has 2 aliphatic rings. The number of carbonyl (C=O) groups excluding carboxylic acids is 2. The number of amides is 2. The zero-order valence-corrected chi connectivity index (χ0v) is 14.6. The van der Waals surface area contributed by atoms with Crippen molar-refractivity contribution in [3.63, 3.8) is 0 Å². The zero-order valence-electron chi connectivity index (χ0n) is 14.6. The number of hydrogen-bond donors (Lipinski definition) is 0. The highest BCUT2D eigenvalue weighted by Crippen LogP contribution is 2.41. The fourth-order valence-electron chi connectivity index (χ4n) is 3.19. The quantitative estimate of drug-likeness (QED) is 0.759. The van der Waals surface area contributed by atoms with Gasteiger partial charge in [-0.3, -0.25) is 4.79 Å². The molecule has 26 heavy (non-hydrogen) atoms. The minimum Gasteiger partial charge on any atom is -0.444 e. The molecule has 1 atom stereocenters. The Balaban J connectivity index is 1.86. The van der Waals surface area contributed by atoms with Crippen molar-refractivity contribution in [3.05, 3.63) is 29.3 Å². The molecule has 0 radical (unpaired) electrons. The smallest absolute Gasteiger partial charge is 0.444 e. The van der Waals surface area contributed by atoms with Gasteiger partial charge in [0.25, 0.3) is 5.91 Å². The Bertz CT molecular complexity index is 743. The first-order valence-corrected chi connectivity index (χ1v) is 8.14. The maximum Gasteiger partial charge on any atom is 0.573 e. The van der Waals surface area contributed by atoms with Crippen LogP contribution in [0.3, 0.4) is 0 Å². The van der Waals surface area contributed by atoms with E-state index in [9.17, 15) is 22.8 Å². The summed E-state index contributed by atoms with van der Waals surface area (Å²) in [4.78, 5) is 27.8. The molecule has 1 aromatic rings. The van der Waals surface area contributed by atoms with Crippen LogP contribution in [0.5, 0.6) is 5.75 Å². The second-order valence-electron chi connectivity index (χ2n) is 7.21. The van der Waals surface area contributed by atoms with Crippen LogP contribution in [0.2, 0.25) is 0 Å². The van der Waals surface area contributed by atoms with Crippen LogP contribution in [0.25, 0.3) is 0 Å². The van der Waals surface area contributed by atoms with Gasteiger partial charge in [-0.05, 0) is 32.4 Å². The molecule has 1 fully saturated rings. The van der Waals surface area contributed by atoms with Gasteiger partial charge in [-0.15, -0.1) is 13.2 Å². The first kappa shape index (κ1) is 18.3. The number of nitrogens with zero attached hydrogens (tertiary/aromatic N) is 2. The molecular formula is C17H19F3N2O4. The van der Waals surface area contributed by atoms with Crippen molar-refractivity contribution in [3.8, 4) is 5.75 Å². The van der Waals surface area contributed by atoms with Crippen LogP contribution in [-0.2, 0) is 4.74 Å². The number of ether oxygens (including phenoxy) is 2. The van der Waals surface area contributed by atoms with Gasteiger partial charge in [0.2, 0.25) is 0 Å². The highest BCUT2D eigenvalue weighted by atomic mass is 19.4. The Morgan fingerprint density at radius 1 is 1.19 bits per heavy atom. The lowest BCUT2D eigenvalue weighted by atomic mass is 10.0. The minimum atomic E-state index is -4.89. The van der Waals surface area contributed by atoms with Crippen molar-refractivity contribution in [1.82, 2.24) is 9.80 Å². The third-order valence-electron chi connectivity index (χ3n) is 4.15. The van der Waals surface area contributed by atoms with E-state index in [1.165, 1.54) is 15.9 Å². The molecule has 1 unspecified atom stereocenters. The molecule has 2 aliphatic heterocycles. The van der Waals surface area contributed by atoms with Gasteiger partial charge in [-0.2, -0.15) is 0 Å². The highest BCUT2D eigenvalue weighted by molar-refractivity contribution is 6.02. The zero-order chi connectivity index (χ0) is 19.3. The summed E-state index contributed by atoms with van der Waals surface area (Å²) >= 11 is 0. The van der Waals surface area contributed by atoms with E-state index in [0.29, 0.717) is 5.56 Å². The maximum atomic E-state index is 12.6. The van der Waals surface area contributed by atoms with E-state index in [0.717, 1.165) is 6.07 Å². The van der Waals surface area contributed by atoms with Crippen molar-refractivity contribution in [2.75, 3.05) is 19.6 Å². The number of halogens is 3. The first-order valence-electron chi connectivity index (χ1n) is 8.14. The summed E-state index contributed by atoms with van der Waals surface area (Å²) < 4.78 is 47.2.